The molecule has 104 valence electrons. The van der Waals surface area contributed by atoms with Crippen LogP contribution in [0, 0.1) is 0 Å². The Morgan fingerprint density at radius 2 is 2.10 bits per heavy atom. The van der Waals surface area contributed by atoms with Crippen LogP contribution in [0.15, 0.2) is 36.7 Å². The lowest BCUT2D eigenvalue weighted by molar-refractivity contribution is 0.0696. The Morgan fingerprint density at radius 1 is 1.25 bits per heavy atom. The maximum absolute atomic E-state index is 10.7. The highest BCUT2D eigenvalue weighted by Gasteiger charge is 2.03. The molecular weight excluding hydrogens is 258 g/mol. The summed E-state index contributed by atoms with van der Waals surface area (Å²) in [5.74, 6) is -0.394. The lowest BCUT2D eigenvalue weighted by atomic mass is 10.2. The van der Waals surface area contributed by atoms with E-state index in [0.717, 1.165) is 11.4 Å². The third kappa shape index (κ3) is 3.68. The summed E-state index contributed by atoms with van der Waals surface area (Å²) in [5.41, 5.74) is 1.78. The highest BCUT2D eigenvalue weighted by Crippen LogP contribution is 2.12. The quantitative estimate of drug-likeness (QED) is 0.839. The van der Waals surface area contributed by atoms with Gasteiger partial charge in [-0.05, 0) is 25.1 Å². The molecule has 0 saturated heterocycles. The van der Waals surface area contributed by atoms with Crippen LogP contribution in [0.5, 0.6) is 5.88 Å². The van der Waals surface area contributed by atoms with Crippen molar-refractivity contribution in [2.45, 2.75) is 13.5 Å². The van der Waals surface area contributed by atoms with Gasteiger partial charge in [0.25, 0.3) is 0 Å². The fourth-order valence-electron chi connectivity index (χ4n) is 1.57. The van der Waals surface area contributed by atoms with Crippen LogP contribution in [0.3, 0.4) is 0 Å². The number of hydrogen-bond donors (Lipinski definition) is 2. The summed E-state index contributed by atoms with van der Waals surface area (Å²) in [5, 5.41) is 11.9. The minimum absolute atomic E-state index is 0.177. The van der Waals surface area contributed by atoms with Crippen molar-refractivity contribution in [3.63, 3.8) is 0 Å². The van der Waals surface area contributed by atoms with Crippen LogP contribution in [0.2, 0.25) is 0 Å². The molecule has 0 radical (unpaired) electrons. The second-order valence-electron chi connectivity index (χ2n) is 4.02. The molecule has 2 aromatic heterocycles. The predicted octanol–water partition coefficient (Wildman–Crippen LogP) is 2.19. The van der Waals surface area contributed by atoms with Crippen molar-refractivity contribution in [2.75, 3.05) is 11.9 Å². The van der Waals surface area contributed by atoms with E-state index in [0.29, 0.717) is 19.0 Å². The Kier molecular flexibility index (Phi) is 4.49. The number of carboxylic acids is 1. The number of nitrogens with zero attached hydrogens (tertiary/aromatic N) is 2. The van der Waals surface area contributed by atoms with E-state index >= 15 is 0 Å². The summed E-state index contributed by atoms with van der Waals surface area (Å²) in [6.07, 6.45) is 3.02. The monoisotopic (exact) mass is 273 g/mol. The molecule has 2 rings (SSSR count). The van der Waals surface area contributed by atoms with E-state index in [-0.39, 0.29) is 5.56 Å². The van der Waals surface area contributed by atoms with Gasteiger partial charge in [0.1, 0.15) is 0 Å². The predicted molar refractivity (Wildman–Crippen MR) is 73.9 cm³/mol. The van der Waals surface area contributed by atoms with Crippen LogP contribution >= 0.6 is 0 Å². The highest BCUT2D eigenvalue weighted by molar-refractivity contribution is 5.87. The van der Waals surface area contributed by atoms with Crippen molar-refractivity contribution in [3.05, 3.63) is 47.9 Å². The molecule has 2 N–H and O–H groups in total. The summed E-state index contributed by atoms with van der Waals surface area (Å²) < 4.78 is 5.25. The van der Waals surface area contributed by atoms with Crippen molar-refractivity contribution in [1.29, 1.82) is 0 Å². The molecule has 6 nitrogen and oxygen atoms in total. The number of carbonyl (C=O) groups is 1. The molecule has 6 heteroatoms. The lowest BCUT2D eigenvalue weighted by Crippen LogP contribution is -2.04. The smallest absolute Gasteiger partial charge is 0.337 e. The average molecular weight is 273 g/mol. The molecule has 2 heterocycles. The van der Waals surface area contributed by atoms with Crippen molar-refractivity contribution >= 4 is 11.7 Å². The van der Waals surface area contributed by atoms with Crippen LogP contribution in [0.1, 0.15) is 23.0 Å². The minimum Gasteiger partial charge on any atom is -0.478 e. The summed E-state index contributed by atoms with van der Waals surface area (Å²) in [6.45, 7) is 2.98. The number of hydrogen-bond acceptors (Lipinski definition) is 5. The molecule has 0 amide bonds. The molecule has 0 bridgehead atoms. The second-order valence-corrected chi connectivity index (χ2v) is 4.02. The van der Waals surface area contributed by atoms with Gasteiger partial charge in [-0.2, -0.15) is 0 Å². The number of aromatic nitrogens is 2. The van der Waals surface area contributed by atoms with E-state index in [2.05, 4.69) is 15.3 Å². The molecule has 0 aromatic carbocycles. The van der Waals surface area contributed by atoms with E-state index < -0.39 is 5.97 Å². The Labute approximate surface area is 116 Å². The van der Waals surface area contributed by atoms with Gasteiger partial charge in [0.2, 0.25) is 5.88 Å². The molecule has 0 atom stereocenters. The first-order chi connectivity index (χ1) is 9.69. The molecule has 0 saturated carbocycles. The Hall–Kier alpha value is -2.63. The standard InChI is InChI=1S/C14H15N3O3/c1-2-20-13-6-5-12(9-17-13)16-8-11-4-3-10(7-15-11)14(18)19/h3-7,9,16H,2,8H2,1H3,(H,18,19). The van der Waals surface area contributed by atoms with Crippen LogP contribution in [-0.2, 0) is 6.54 Å². The molecular formula is C14H15N3O3. The molecule has 0 aliphatic rings. The van der Waals surface area contributed by atoms with Crippen LogP contribution < -0.4 is 10.1 Å². The fraction of sp³-hybridized carbons (Fsp3) is 0.214. The zero-order chi connectivity index (χ0) is 14.4. The lowest BCUT2D eigenvalue weighted by Gasteiger charge is -2.07. The van der Waals surface area contributed by atoms with Gasteiger partial charge < -0.3 is 15.2 Å². The minimum atomic E-state index is -0.979. The van der Waals surface area contributed by atoms with Crippen molar-refractivity contribution in [3.8, 4) is 5.88 Å². The van der Waals surface area contributed by atoms with Gasteiger partial charge in [0, 0.05) is 12.3 Å². The molecule has 0 aliphatic heterocycles. The van der Waals surface area contributed by atoms with Gasteiger partial charge in [-0.1, -0.05) is 0 Å². The first kappa shape index (κ1) is 13.8. The van der Waals surface area contributed by atoms with Crippen LogP contribution in [0.4, 0.5) is 5.69 Å². The normalized spacial score (nSPS) is 10.1. The zero-order valence-electron chi connectivity index (χ0n) is 11.0. The molecule has 0 fully saturated rings. The number of carboxylic acid groups (broad SMARTS) is 1. The summed E-state index contributed by atoms with van der Waals surface area (Å²) in [4.78, 5) is 18.9. The third-order valence-corrected chi connectivity index (χ3v) is 2.57. The van der Waals surface area contributed by atoms with Gasteiger partial charge in [-0.3, -0.25) is 4.98 Å². The number of nitrogens with one attached hydrogen (secondary N) is 1. The zero-order valence-corrected chi connectivity index (χ0v) is 11.0. The number of ether oxygens (including phenoxy) is 1. The molecule has 0 spiro atoms. The first-order valence-corrected chi connectivity index (χ1v) is 6.20. The highest BCUT2D eigenvalue weighted by atomic mass is 16.5. The van der Waals surface area contributed by atoms with Crippen LogP contribution in [-0.4, -0.2) is 27.7 Å². The van der Waals surface area contributed by atoms with Crippen molar-refractivity contribution < 1.29 is 14.6 Å². The van der Waals surface area contributed by atoms with E-state index in [1.807, 2.05) is 13.0 Å². The van der Waals surface area contributed by atoms with Gasteiger partial charge in [-0.25, -0.2) is 9.78 Å². The topological polar surface area (TPSA) is 84.3 Å². The first-order valence-electron chi connectivity index (χ1n) is 6.20. The Bertz CT molecular complexity index is 567. The van der Waals surface area contributed by atoms with Crippen molar-refractivity contribution in [1.82, 2.24) is 9.97 Å². The van der Waals surface area contributed by atoms with E-state index in [1.165, 1.54) is 12.3 Å². The van der Waals surface area contributed by atoms with Crippen LogP contribution in [0.25, 0.3) is 0 Å². The van der Waals surface area contributed by atoms with Gasteiger partial charge in [0.05, 0.1) is 36.3 Å². The number of pyridine rings is 2. The second kappa shape index (κ2) is 6.51. The SMILES string of the molecule is CCOc1ccc(NCc2ccc(C(=O)O)cn2)cn1. The maximum atomic E-state index is 10.7. The third-order valence-electron chi connectivity index (χ3n) is 2.57. The van der Waals surface area contributed by atoms with E-state index in [4.69, 9.17) is 9.84 Å². The Morgan fingerprint density at radius 3 is 2.65 bits per heavy atom. The molecule has 2 aromatic rings. The van der Waals surface area contributed by atoms with Gasteiger partial charge >= 0.3 is 5.97 Å². The summed E-state index contributed by atoms with van der Waals surface area (Å²) in [6, 6.07) is 6.86. The number of aromatic carboxylic acids is 1. The summed E-state index contributed by atoms with van der Waals surface area (Å²) in [7, 11) is 0. The maximum Gasteiger partial charge on any atom is 0.337 e. The Balaban J connectivity index is 1.92. The summed E-state index contributed by atoms with van der Waals surface area (Å²) >= 11 is 0. The van der Waals surface area contributed by atoms with E-state index in [9.17, 15) is 4.79 Å². The molecule has 0 unspecified atom stereocenters. The largest absolute Gasteiger partial charge is 0.478 e. The van der Waals surface area contributed by atoms with Gasteiger partial charge in [0.15, 0.2) is 0 Å². The van der Waals surface area contributed by atoms with Gasteiger partial charge in [-0.15, -0.1) is 0 Å². The average Bonchev–Trinajstić information content (AvgIpc) is 2.47. The van der Waals surface area contributed by atoms with E-state index in [1.54, 1.807) is 18.3 Å². The van der Waals surface area contributed by atoms with Crippen molar-refractivity contribution in [2.24, 2.45) is 0 Å². The molecule has 20 heavy (non-hydrogen) atoms. The number of rotatable bonds is 6. The number of anilines is 1. The molecule has 0 aliphatic carbocycles. The fourth-order valence-corrected chi connectivity index (χ4v) is 1.57.